The molecule has 2 unspecified atom stereocenters. The Balaban J connectivity index is 1.90. The summed E-state index contributed by atoms with van der Waals surface area (Å²) in [4.78, 5) is 26.7. The van der Waals surface area contributed by atoms with E-state index < -0.39 is 0 Å². The van der Waals surface area contributed by atoms with Crippen molar-refractivity contribution in [3.63, 3.8) is 0 Å². The summed E-state index contributed by atoms with van der Waals surface area (Å²) < 4.78 is 15.8. The van der Waals surface area contributed by atoms with Crippen LogP contribution < -0.4 is 24.8 Å². The van der Waals surface area contributed by atoms with Crippen LogP contribution in [0.25, 0.3) is 0 Å². The van der Waals surface area contributed by atoms with Crippen LogP contribution in [0.2, 0.25) is 0 Å². The molecule has 0 heterocycles. The summed E-state index contributed by atoms with van der Waals surface area (Å²) in [5.41, 5.74) is 0.534. The van der Waals surface area contributed by atoms with E-state index in [0.29, 0.717) is 35.9 Å². The third kappa shape index (κ3) is 5.50. The van der Waals surface area contributed by atoms with E-state index in [4.69, 9.17) is 14.2 Å². The number of carbonyl (C=O) groups excluding carboxylic acids is 2. The van der Waals surface area contributed by atoms with E-state index in [0.717, 1.165) is 13.0 Å². The SMILES string of the molecule is COc1cc(NC(=O)C2CC2C(=O)NCCCN(C)C)cc(OC)c1OC. The van der Waals surface area contributed by atoms with Gasteiger partial charge >= 0.3 is 0 Å². The zero-order chi connectivity index (χ0) is 20.0. The molecule has 2 atom stereocenters. The van der Waals surface area contributed by atoms with Gasteiger partial charge in [0.15, 0.2) is 11.5 Å². The Morgan fingerprint density at radius 2 is 1.63 bits per heavy atom. The summed E-state index contributed by atoms with van der Waals surface area (Å²) >= 11 is 0. The molecular weight excluding hydrogens is 350 g/mol. The van der Waals surface area contributed by atoms with Gasteiger partial charge in [0.2, 0.25) is 17.6 Å². The van der Waals surface area contributed by atoms with E-state index in [2.05, 4.69) is 15.5 Å². The van der Waals surface area contributed by atoms with Gasteiger partial charge in [0.1, 0.15) is 0 Å². The highest BCUT2D eigenvalue weighted by molar-refractivity contribution is 5.99. The number of rotatable bonds is 10. The van der Waals surface area contributed by atoms with Crippen LogP contribution in [0.3, 0.4) is 0 Å². The zero-order valence-corrected chi connectivity index (χ0v) is 16.6. The van der Waals surface area contributed by atoms with Gasteiger partial charge in [0, 0.05) is 24.4 Å². The maximum absolute atomic E-state index is 12.5. The Bertz CT molecular complexity index is 652. The minimum atomic E-state index is -0.307. The monoisotopic (exact) mass is 379 g/mol. The smallest absolute Gasteiger partial charge is 0.228 e. The first-order valence-electron chi connectivity index (χ1n) is 8.94. The predicted molar refractivity (Wildman–Crippen MR) is 103 cm³/mol. The number of nitrogens with zero attached hydrogens (tertiary/aromatic N) is 1. The third-order valence-electron chi connectivity index (χ3n) is 4.48. The largest absolute Gasteiger partial charge is 0.493 e. The molecule has 0 bridgehead atoms. The molecule has 0 saturated heterocycles. The molecule has 0 aromatic heterocycles. The van der Waals surface area contributed by atoms with E-state index in [-0.39, 0.29) is 23.7 Å². The van der Waals surface area contributed by atoms with Crippen LogP contribution in [0.15, 0.2) is 12.1 Å². The number of benzene rings is 1. The summed E-state index contributed by atoms with van der Waals surface area (Å²) in [6.07, 6.45) is 1.45. The number of methoxy groups -OCH3 is 3. The van der Waals surface area contributed by atoms with Gasteiger partial charge in [-0.05, 0) is 33.5 Å². The molecule has 150 valence electrons. The van der Waals surface area contributed by atoms with Gasteiger partial charge in [-0.1, -0.05) is 0 Å². The number of nitrogens with one attached hydrogen (secondary N) is 2. The molecule has 8 heteroatoms. The topological polar surface area (TPSA) is 89.1 Å². The predicted octanol–water partition coefficient (Wildman–Crippen LogP) is 1.35. The summed E-state index contributed by atoms with van der Waals surface area (Å²) in [6, 6.07) is 3.33. The Kier molecular flexibility index (Phi) is 7.29. The molecule has 1 aromatic rings. The van der Waals surface area contributed by atoms with Crippen LogP contribution >= 0.6 is 0 Å². The van der Waals surface area contributed by atoms with Crippen molar-refractivity contribution in [2.45, 2.75) is 12.8 Å². The fraction of sp³-hybridized carbons (Fsp3) is 0.579. The lowest BCUT2D eigenvalue weighted by atomic mass is 10.2. The van der Waals surface area contributed by atoms with Gasteiger partial charge in [-0.15, -0.1) is 0 Å². The lowest BCUT2D eigenvalue weighted by Crippen LogP contribution is -2.30. The average Bonchev–Trinajstić information content (AvgIpc) is 3.45. The number of hydrogen-bond donors (Lipinski definition) is 2. The minimum Gasteiger partial charge on any atom is -0.493 e. The maximum Gasteiger partial charge on any atom is 0.228 e. The van der Waals surface area contributed by atoms with Crippen molar-refractivity contribution < 1.29 is 23.8 Å². The van der Waals surface area contributed by atoms with Gasteiger partial charge in [0.25, 0.3) is 0 Å². The van der Waals surface area contributed by atoms with Crippen molar-refractivity contribution in [1.82, 2.24) is 10.2 Å². The van der Waals surface area contributed by atoms with Crippen LogP contribution in [-0.2, 0) is 9.59 Å². The number of hydrogen-bond acceptors (Lipinski definition) is 6. The van der Waals surface area contributed by atoms with Gasteiger partial charge < -0.3 is 29.7 Å². The summed E-state index contributed by atoms with van der Waals surface area (Å²) in [7, 11) is 8.53. The Morgan fingerprint density at radius 1 is 1.04 bits per heavy atom. The second-order valence-corrected chi connectivity index (χ2v) is 6.80. The molecule has 0 spiro atoms. The molecule has 1 saturated carbocycles. The molecule has 0 aliphatic heterocycles. The molecule has 8 nitrogen and oxygen atoms in total. The van der Waals surface area contributed by atoms with E-state index in [9.17, 15) is 9.59 Å². The molecule has 1 aliphatic rings. The third-order valence-corrected chi connectivity index (χ3v) is 4.48. The normalized spacial score (nSPS) is 18.0. The summed E-state index contributed by atoms with van der Waals surface area (Å²) in [5, 5.41) is 5.73. The van der Waals surface area contributed by atoms with Gasteiger partial charge in [-0.3, -0.25) is 9.59 Å². The zero-order valence-electron chi connectivity index (χ0n) is 16.6. The van der Waals surface area contributed by atoms with Crippen molar-refractivity contribution in [1.29, 1.82) is 0 Å². The average molecular weight is 379 g/mol. The Morgan fingerprint density at radius 3 is 2.15 bits per heavy atom. The Hall–Kier alpha value is -2.48. The molecule has 0 radical (unpaired) electrons. The molecule has 2 amide bonds. The van der Waals surface area contributed by atoms with Crippen molar-refractivity contribution in [3.05, 3.63) is 12.1 Å². The van der Waals surface area contributed by atoms with E-state index in [1.807, 2.05) is 14.1 Å². The fourth-order valence-electron chi connectivity index (χ4n) is 2.90. The van der Waals surface area contributed by atoms with Crippen LogP contribution in [0.4, 0.5) is 5.69 Å². The van der Waals surface area contributed by atoms with Gasteiger partial charge in [-0.2, -0.15) is 0 Å². The molecule has 27 heavy (non-hydrogen) atoms. The first-order valence-corrected chi connectivity index (χ1v) is 8.94. The quantitative estimate of drug-likeness (QED) is 0.597. The lowest BCUT2D eigenvalue weighted by molar-refractivity contribution is -0.125. The molecule has 2 rings (SSSR count). The Labute approximate surface area is 160 Å². The first kappa shape index (κ1) is 20.8. The van der Waals surface area contributed by atoms with Crippen molar-refractivity contribution in [2.75, 3.05) is 53.8 Å². The molecule has 2 N–H and O–H groups in total. The highest BCUT2D eigenvalue weighted by Gasteiger charge is 2.47. The second kappa shape index (κ2) is 9.45. The number of anilines is 1. The van der Waals surface area contributed by atoms with E-state index in [1.165, 1.54) is 21.3 Å². The highest BCUT2D eigenvalue weighted by Crippen LogP contribution is 2.42. The molecular formula is C19H29N3O5. The van der Waals surface area contributed by atoms with Crippen LogP contribution in [-0.4, -0.2) is 65.2 Å². The van der Waals surface area contributed by atoms with E-state index >= 15 is 0 Å². The van der Waals surface area contributed by atoms with Crippen molar-refractivity contribution >= 4 is 17.5 Å². The standard InChI is InChI=1S/C19H29N3O5/c1-22(2)8-6-7-20-18(23)13-11-14(13)19(24)21-12-9-15(25-3)17(27-5)16(10-12)26-4/h9-10,13-14H,6-8,11H2,1-5H3,(H,20,23)(H,21,24). The number of carbonyl (C=O) groups is 2. The van der Waals surface area contributed by atoms with Crippen LogP contribution in [0, 0.1) is 11.8 Å². The van der Waals surface area contributed by atoms with Crippen LogP contribution in [0.1, 0.15) is 12.8 Å². The number of ether oxygens (including phenoxy) is 3. The minimum absolute atomic E-state index is 0.0567. The highest BCUT2D eigenvalue weighted by atomic mass is 16.5. The first-order chi connectivity index (χ1) is 12.9. The van der Waals surface area contributed by atoms with Crippen LogP contribution in [0.5, 0.6) is 17.2 Å². The molecule has 1 aliphatic carbocycles. The van der Waals surface area contributed by atoms with Crippen molar-refractivity contribution in [3.8, 4) is 17.2 Å². The van der Waals surface area contributed by atoms with E-state index in [1.54, 1.807) is 12.1 Å². The summed E-state index contributed by atoms with van der Waals surface area (Å²) in [5.74, 6) is 0.566. The molecule has 1 fully saturated rings. The van der Waals surface area contributed by atoms with Crippen molar-refractivity contribution in [2.24, 2.45) is 11.8 Å². The van der Waals surface area contributed by atoms with Gasteiger partial charge in [-0.25, -0.2) is 0 Å². The molecule has 1 aromatic carbocycles. The second-order valence-electron chi connectivity index (χ2n) is 6.80. The fourth-order valence-corrected chi connectivity index (χ4v) is 2.90. The number of amides is 2. The van der Waals surface area contributed by atoms with Gasteiger partial charge in [0.05, 0.1) is 33.2 Å². The lowest BCUT2D eigenvalue weighted by Gasteiger charge is -2.14. The summed E-state index contributed by atoms with van der Waals surface area (Å²) in [6.45, 7) is 1.53. The maximum atomic E-state index is 12.5.